The number of hydrogen-bond acceptors (Lipinski definition) is 5. The van der Waals surface area contributed by atoms with Crippen molar-refractivity contribution in [1.82, 2.24) is 19.5 Å². The van der Waals surface area contributed by atoms with Gasteiger partial charge in [0.15, 0.2) is 0 Å². The molecule has 25 heavy (non-hydrogen) atoms. The molecule has 4 rings (SSSR count). The van der Waals surface area contributed by atoms with Crippen LogP contribution < -0.4 is 0 Å². The number of benzene rings is 1. The molecule has 0 saturated carbocycles. The third-order valence-electron chi connectivity index (χ3n) is 4.79. The lowest BCUT2D eigenvalue weighted by Crippen LogP contribution is -2.37. The summed E-state index contributed by atoms with van der Waals surface area (Å²) in [5.41, 5.74) is 1.19. The van der Waals surface area contributed by atoms with E-state index in [0.29, 0.717) is 11.7 Å². The zero-order valence-electron chi connectivity index (χ0n) is 14.3. The minimum atomic E-state index is 0.0321. The molecule has 7 heteroatoms. The van der Waals surface area contributed by atoms with Crippen LogP contribution in [0.4, 0.5) is 0 Å². The van der Waals surface area contributed by atoms with Gasteiger partial charge in [-0.15, -0.1) is 5.10 Å². The standard InChI is InChI=1S/C18H21BrN4OS/c1-11-4-3-9-22(10-11)15(13-5-7-14(19)8-6-13)16-17(24)23-18(25-16)20-12(2)21-23/h5-8,11,15,24H,3-4,9-10H2,1-2H3. The van der Waals surface area contributed by atoms with E-state index in [9.17, 15) is 5.11 Å². The molecular weight excluding hydrogens is 400 g/mol. The van der Waals surface area contributed by atoms with Gasteiger partial charge in [0.05, 0.1) is 10.9 Å². The molecule has 0 radical (unpaired) electrons. The van der Waals surface area contributed by atoms with Gasteiger partial charge in [-0.2, -0.15) is 4.52 Å². The Bertz CT molecular complexity index is 889. The van der Waals surface area contributed by atoms with E-state index in [2.05, 4.69) is 62.1 Å². The van der Waals surface area contributed by atoms with Gasteiger partial charge < -0.3 is 5.11 Å². The molecule has 1 fully saturated rings. The molecule has 1 aromatic carbocycles. The van der Waals surface area contributed by atoms with Gasteiger partial charge in [0.2, 0.25) is 10.8 Å². The molecule has 2 unspecified atom stereocenters. The molecule has 0 amide bonds. The second-order valence-corrected chi connectivity index (χ2v) is 8.76. The normalized spacial score (nSPS) is 20.2. The highest BCUT2D eigenvalue weighted by Gasteiger charge is 2.31. The molecule has 2 atom stereocenters. The van der Waals surface area contributed by atoms with Crippen LogP contribution in [0.1, 0.15) is 42.1 Å². The van der Waals surface area contributed by atoms with Gasteiger partial charge in [-0.3, -0.25) is 4.90 Å². The van der Waals surface area contributed by atoms with Crippen LogP contribution in [0, 0.1) is 12.8 Å². The predicted octanol–water partition coefficient (Wildman–Crippen LogP) is 4.39. The van der Waals surface area contributed by atoms with Gasteiger partial charge in [-0.1, -0.05) is 46.3 Å². The van der Waals surface area contributed by atoms with E-state index in [1.165, 1.54) is 29.7 Å². The van der Waals surface area contributed by atoms with Gasteiger partial charge in [0.25, 0.3) is 0 Å². The number of likely N-dealkylation sites (tertiary alicyclic amines) is 1. The molecule has 5 nitrogen and oxygen atoms in total. The number of aromatic hydroxyl groups is 1. The van der Waals surface area contributed by atoms with Crippen molar-refractivity contribution in [3.63, 3.8) is 0 Å². The van der Waals surface area contributed by atoms with Gasteiger partial charge in [-0.25, -0.2) is 4.98 Å². The number of halogens is 1. The van der Waals surface area contributed by atoms with Gasteiger partial charge >= 0.3 is 0 Å². The fourth-order valence-corrected chi connectivity index (χ4v) is 5.09. The predicted molar refractivity (Wildman–Crippen MR) is 103 cm³/mol. The molecule has 3 heterocycles. The number of aryl methyl sites for hydroxylation is 1. The molecular formula is C18H21BrN4OS. The first-order valence-electron chi connectivity index (χ1n) is 8.57. The second-order valence-electron chi connectivity index (χ2n) is 6.84. The van der Waals surface area contributed by atoms with Crippen molar-refractivity contribution >= 4 is 32.2 Å². The number of fused-ring (bicyclic) bond motifs is 1. The maximum atomic E-state index is 10.8. The number of piperidine rings is 1. The Hall–Kier alpha value is -1.44. The number of aromatic nitrogens is 3. The highest BCUT2D eigenvalue weighted by Crippen LogP contribution is 2.41. The fraction of sp³-hybridized carbons (Fsp3) is 0.444. The molecule has 2 aromatic heterocycles. The van der Waals surface area contributed by atoms with Gasteiger partial charge in [0.1, 0.15) is 5.82 Å². The average Bonchev–Trinajstić information content (AvgIpc) is 3.08. The number of thiazole rings is 1. The Morgan fingerprint density at radius 1 is 1.32 bits per heavy atom. The Labute approximate surface area is 159 Å². The summed E-state index contributed by atoms with van der Waals surface area (Å²) in [5.74, 6) is 1.56. The van der Waals surface area contributed by atoms with Crippen molar-refractivity contribution in [2.45, 2.75) is 32.7 Å². The Morgan fingerprint density at radius 3 is 2.76 bits per heavy atom. The zero-order valence-corrected chi connectivity index (χ0v) is 16.7. The van der Waals surface area contributed by atoms with E-state index in [1.54, 1.807) is 4.52 Å². The lowest BCUT2D eigenvalue weighted by molar-refractivity contribution is 0.149. The highest BCUT2D eigenvalue weighted by molar-refractivity contribution is 9.10. The van der Waals surface area contributed by atoms with Crippen LogP contribution >= 0.6 is 27.3 Å². The van der Waals surface area contributed by atoms with E-state index in [1.807, 2.05) is 6.92 Å². The van der Waals surface area contributed by atoms with E-state index >= 15 is 0 Å². The molecule has 0 bridgehead atoms. The van der Waals surface area contributed by atoms with Crippen molar-refractivity contribution < 1.29 is 5.11 Å². The van der Waals surface area contributed by atoms with E-state index in [0.717, 1.165) is 27.4 Å². The van der Waals surface area contributed by atoms with Crippen LogP contribution in [-0.4, -0.2) is 37.7 Å². The first-order chi connectivity index (χ1) is 12.0. The summed E-state index contributed by atoms with van der Waals surface area (Å²) in [5, 5.41) is 15.1. The van der Waals surface area contributed by atoms with Crippen LogP contribution in [0.25, 0.3) is 4.96 Å². The molecule has 1 saturated heterocycles. The summed E-state index contributed by atoms with van der Waals surface area (Å²) in [6, 6.07) is 8.43. The SMILES string of the molecule is Cc1nc2sc(C(c3ccc(Br)cc3)N3CCCC(C)C3)c(O)n2n1. The number of nitrogens with zero attached hydrogens (tertiary/aromatic N) is 4. The third kappa shape index (κ3) is 3.20. The topological polar surface area (TPSA) is 53.7 Å². The number of rotatable bonds is 3. The summed E-state index contributed by atoms with van der Waals surface area (Å²) in [7, 11) is 0. The average molecular weight is 421 g/mol. The summed E-state index contributed by atoms with van der Waals surface area (Å²) in [4.78, 5) is 8.58. The highest BCUT2D eigenvalue weighted by atomic mass is 79.9. The van der Waals surface area contributed by atoms with E-state index in [4.69, 9.17) is 0 Å². The van der Waals surface area contributed by atoms with E-state index < -0.39 is 0 Å². The summed E-state index contributed by atoms with van der Waals surface area (Å²) in [6.07, 6.45) is 2.46. The summed E-state index contributed by atoms with van der Waals surface area (Å²) >= 11 is 5.05. The van der Waals surface area contributed by atoms with Crippen molar-refractivity contribution in [2.75, 3.05) is 13.1 Å². The maximum absolute atomic E-state index is 10.8. The van der Waals surface area contributed by atoms with Crippen LogP contribution in [-0.2, 0) is 0 Å². The molecule has 0 spiro atoms. The van der Waals surface area contributed by atoms with Crippen LogP contribution in [0.3, 0.4) is 0 Å². The molecule has 132 valence electrons. The summed E-state index contributed by atoms with van der Waals surface area (Å²) in [6.45, 7) is 6.22. The number of hydrogen-bond donors (Lipinski definition) is 1. The molecule has 1 N–H and O–H groups in total. The van der Waals surface area contributed by atoms with E-state index in [-0.39, 0.29) is 11.9 Å². The van der Waals surface area contributed by atoms with Gasteiger partial charge in [0, 0.05) is 11.0 Å². The summed E-state index contributed by atoms with van der Waals surface area (Å²) < 4.78 is 2.62. The van der Waals surface area contributed by atoms with Crippen LogP contribution in [0.5, 0.6) is 5.88 Å². The largest absolute Gasteiger partial charge is 0.492 e. The lowest BCUT2D eigenvalue weighted by Gasteiger charge is -2.37. The molecule has 3 aromatic rings. The molecule has 1 aliphatic rings. The Morgan fingerprint density at radius 2 is 2.08 bits per heavy atom. The molecule has 0 aliphatic carbocycles. The lowest BCUT2D eigenvalue weighted by atomic mass is 9.95. The fourth-order valence-electron chi connectivity index (χ4n) is 3.66. The zero-order chi connectivity index (χ0) is 17.6. The second kappa shape index (κ2) is 6.70. The minimum absolute atomic E-state index is 0.0321. The maximum Gasteiger partial charge on any atom is 0.230 e. The monoisotopic (exact) mass is 420 g/mol. The Kier molecular flexibility index (Phi) is 4.56. The van der Waals surface area contributed by atoms with Crippen molar-refractivity contribution in [1.29, 1.82) is 0 Å². The van der Waals surface area contributed by atoms with Crippen molar-refractivity contribution in [2.24, 2.45) is 5.92 Å². The van der Waals surface area contributed by atoms with Crippen LogP contribution in [0.15, 0.2) is 28.7 Å². The minimum Gasteiger partial charge on any atom is -0.492 e. The van der Waals surface area contributed by atoms with Gasteiger partial charge in [-0.05, 0) is 49.9 Å². The third-order valence-corrected chi connectivity index (χ3v) is 6.39. The first kappa shape index (κ1) is 17.0. The van der Waals surface area contributed by atoms with Crippen molar-refractivity contribution in [3.8, 4) is 5.88 Å². The van der Waals surface area contributed by atoms with Crippen LogP contribution in [0.2, 0.25) is 0 Å². The smallest absolute Gasteiger partial charge is 0.230 e. The van der Waals surface area contributed by atoms with Crippen molar-refractivity contribution in [3.05, 3.63) is 45.0 Å². The quantitative estimate of drug-likeness (QED) is 0.682. The molecule has 1 aliphatic heterocycles. The Balaban J connectivity index is 1.81. The first-order valence-corrected chi connectivity index (χ1v) is 10.2.